The Kier molecular flexibility index (Phi) is 7.05. The molecule has 0 aliphatic heterocycles. The number of aryl methyl sites for hydroxylation is 1. The molecule has 0 unspecified atom stereocenters. The summed E-state index contributed by atoms with van der Waals surface area (Å²) in [5, 5.41) is 11.5. The molecule has 2 rings (SSSR count). The van der Waals surface area contributed by atoms with Gasteiger partial charge in [0.05, 0.1) is 12.0 Å². The second-order valence-electron chi connectivity index (χ2n) is 6.24. The van der Waals surface area contributed by atoms with Crippen LogP contribution >= 0.6 is 11.3 Å². The molecule has 0 radical (unpaired) electrons. The average Bonchev–Trinajstić information content (AvgIpc) is 3.07. The van der Waals surface area contributed by atoms with Crippen molar-refractivity contribution in [2.24, 2.45) is 5.92 Å². The summed E-state index contributed by atoms with van der Waals surface area (Å²) in [4.78, 5) is 29.2. The van der Waals surface area contributed by atoms with Crippen molar-refractivity contribution in [3.63, 3.8) is 0 Å². The highest BCUT2D eigenvalue weighted by Gasteiger charge is 2.30. The van der Waals surface area contributed by atoms with Gasteiger partial charge in [0.1, 0.15) is 5.01 Å². The van der Waals surface area contributed by atoms with Gasteiger partial charge in [0, 0.05) is 11.1 Å². The predicted octanol–water partition coefficient (Wildman–Crippen LogP) is 4.00. The van der Waals surface area contributed by atoms with Gasteiger partial charge in [0.2, 0.25) is 0 Å². The van der Waals surface area contributed by atoms with E-state index in [1.165, 1.54) is 11.3 Å². The van der Waals surface area contributed by atoms with Gasteiger partial charge < -0.3 is 4.74 Å². The zero-order chi connectivity index (χ0) is 19.1. The highest BCUT2D eigenvalue weighted by atomic mass is 32.1. The maximum Gasteiger partial charge on any atom is 0.314 e. The Labute approximate surface area is 157 Å². The van der Waals surface area contributed by atoms with Crippen LogP contribution in [0.5, 0.6) is 0 Å². The van der Waals surface area contributed by atoms with Crippen molar-refractivity contribution in [3.05, 3.63) is 52.0 Å². The maximum absolute atomic E-state index is 12.6. The van der Waals surface area contributed by atoms with Crippen molar-refractivity contribution in [1.82, 2.24) is 4.98 Å². The number of carbonyl (C=O) groups is 2. The third-order valence-electron chi connectivity index (χ3n) is 4.32. The highest BCUT2D eigenvalue weighted by Crippen LogP contribution is 2.28. The fourth-order valence-electron chi connectivity index (χ4n) is 2.68. The summed E-state index contributed by atoms with van der Waals surface area (Å²) in [6, 6.07) is 11.4. The molecule has 1 aromatic heterocycles. The van der Waals surface area contributed by atoms with Crippen LogP contribution in [0, 0.1) is 24.2 Å². The van der Waals surface area contributed by atoms with Crippen molar-refractivity contribution >= 4 is 23.1 Å². The Hall–Kier alpha value is -2.52. The van der Waals surface area contributed by atoms with Gasteiger partial charge in [-0.15, -0.1) is 11.3 Å². The van der Waals surface area contributed by atoms with Crippen LogP contribution in [0.15, 0.2) is 35.7 Å². The van der Waals surface area contributed by atoms with Crippen molar-refractivity contribution in [2.45, 2.75) is 39.0 Å². The fourth-order valence-corrected chi connectivity index (χ4v) is 3.54. The molecule has 1 heterocycles. The van der Waals surface area contributed by atoms with Gasteiger partial charge >= 0.3 is 5.97 Å². The van der Waals surface area contributed by atoms with E-state index in [0.717, 1.165) is 17.7 Å². The molecule has 3 atom stereocenters. The summed E-state index contributed by atoms with van der Waals surface area (Å²) in [5.74, 6) is -2.25. The molecule has 26 heavy (non-hydrogen) atoms. The molecule has 0 aliphatic carbocycles. The Morgan fingerprint density at radius 3 is 2.54 bits per heavy atom. The molecule has 5 nitrogen and oxygen atoms in total. The number of nitriles is 1. The Morgan fingerprint density at radius 2 is 2.00 bits per heavy atom. The molecule has 0 bridgehead atoms. The molecular weight excluding hydrogens is 348 g/mol. The molecule has 136 valence electrons. The molecule has 0 amide bonds. The number of hydrogen-bond donors (Lipinski definition) is 0. The van der Waals surface area contributed by atoms with E-state index in [2.05, 4.69) is 4.98 Å². The topological polar surface area (TPSA) is 80.0 Å². The minimum Gasteiger partial charge on any atom is -0.457 e. The molecule has 0 saturated carbocycles. The SMILES string of the molecule is CC[C@@H](C)[C@@H](C(=O)OCC(=O)[C@@H](C#N)c1nc(C)cs1)c1ccccc1. The number of rotatable bonds is 8. The van der Waals surface area contributed by atoms with Gasteiger partial charge in [-0.3, -0.25) is 9.59 Å². The monoisotopic (exact) mass is 370 g/mol. The molecular formula is C20H22N2O3S. The summed E-state index contributed by atoms with van der Waals surface area (Å²) in [6.45, 7) is 5.37. The Balaban J connectivity index is 2.07. The number of carbonyl (C=O) groups excluding carboxylic acids is 2. The van der Waals surface area contributed by atoms with Crippen molar-refractivity contribution in [2.75, 3.05) is 6.61 Å². The number of thiazole rings is 1. The zero-order valence-corrected chi connectivity index (χ0v) is 16.0. The van der Waals surface area contributed by atoms with Gasteiger partial charge in [0.15, 0.2) is 18.3 Å². The van der Waals surface area contributed by atoms with Crippen LogP contribution in [-0.4, -0.2) is 23.3 Å². The van der Waals surface area contributed by atoms with Crippen molar-refractivity contribution < 1.29 is 14.3 Å². The summed E-state index contributed by atoms with van der Waals surface area (Å²) >= 11 is 1.26. The number of Topliss-reactive ketones (excluding diaryl/α,β-unsaturated/α-hetero) is 1. The molecule has 0 saturated heterocycles. The molecule has 2 aromatic rings. The van der Waals surface area contributed by atoms with Crippen LogP contribution in [0.1, 0.15) is 48.4 Å². The van der Waals surface area contributed by atoms with E-state index in [-0.39, 0.29) is 5.92 Å². The quantitative estimate of drug-likeness (QED) is 0.656. The predicted molar refractivity (Wildman–Crippen MR) is 99.8 cm³/mol. The molecule has 0 spiro atoms. The summed E-state index contributed by atoms with van der Waals surface area (Å²) in [6.07, 6.45) is 0.807. The van der Waals surface area contributed by atoms with Crippen LogP contribution in [0.4, 0.5) is 0 Å². The lowest BCUT2D eigenvalue weighted by Crippen LogP contribution is -2.26. The van der Waals surface area contributed by atoms with Crippen molar-refractivity contribution in [1.29, 1.82) is 5.26 Å². The zero-order valence-electron chi connectivity index (χ0n) is 15.1. The minimum atomic E-state index is -1.000. The van der Waals surface area contributed by atoms with E-state index >= 15 is 0 Å². The normalized spacial score (nSPS) is 14.1. The molecule has 0 aliphatic rings. The van der Waals surface area contributed by atoms with Crippen LogP contribution < -0.4 is 0 Å². The lowest BCUT2D eigenvalue weighted by atomic mass is 9.85. The van der Waals surface area contributed by atoms with E-state index < -0.39 is 30.2 Å². The van der Waals surface area contributed by atoms with Crippen LogP contribution in [0.2, 0.25) is 0 Å². The van der Waals surface area contributed by atoms with Gasteiger partial charge in [-0.2, -0.15) is 5.26 Å². The van der Waals surface area contributed by atoms with Gasteiger partial charge in [-0.1, -0.05) is 50.6 Å². The Morgan fingerprint density at radius 1 is 1.31 bits per heavy atom. The third-order valence-corrected chi connectivity index (χ3v) is 5.34. The lowest BCUT2D eigenvalue weighted by Gasteiger charge is -2.22. The standard InChI is InChI=1S/C20H22N2O3S/c1-4-13(2)18(15-8-6-5-7-9-15)20(24)25-11-17(23)16(10-21)19-22-14(3)12-26-19/h5-9,12-13,16,18H,4,11H2,1-3H3/t13-,16-,18-/m1/s1. The van der Waals surface area contributed by atoms with E-state index in [0.29, 0.717) is 5.01 Å². The summed E-state index contributed by atoms with van der Waals surface area (Å²) in [5.41, 5.74) is 1.63. The number of aromatic nitrogens is 1. The minimum absolute atomic E-state index is 0.0772. The number of esters is 1. The summed E-state index contributed by atoms with van der Waals surface area (Å²) in [7, 11) is 0. The Bertz CT molecular complexity index is 795. The van der Waals surface area contributed by atoms with Gasteiger partial charge in [0.25, 0.3) is 0 Å². The first kappa shape index (κ1) is 19.8. The number of hydrogen-bond acceptors (Lipinski definition) is 6. The average molecular weight is 370 g/mol. The second kappa shape index (κ2) is 9.25. The van der Waals surface area contributed by atoms with E-state index in [1.54, 1.807) is 12.3 Å². The maximum atomic E-state index is 12.6. The first-order valence-corrected chi connectivity index (χ1v) is 9.41. The number of nitrogens with zero attached hydrogens (tertiary/aromatic N) is 2. The summed E-state index contributed by atoms with van der Waals surface area (Å²) < 4.78 is 5.29. The van der Waals surface area contributed by atoms with Crippen LogP contribution in [-0.2, 0) is 14.3 Å². The second-order valence-corrected chi connectivity index (χ2v) is 7.13. The van der Waals surface area contributed by atoms with E-state index in [9.17, 15) is 14.9 Å². The number of ketones is 1. The number of benzene rings is 1. The fraction of sp³-hybridized carbons (Fsp3) is 0.400. The van der Waals surface area contributed by atoms with E-state index in [1.807, 2.05) is 50.2 Å². The van der Waals surface area contributed by atoms with Gasteiger partial charge in [-0.25, -0.2) is 4.98 Å². The first-order chi connectivity index (χ1) is 12.5. The highest BCUT2D eigenvalue weighted by molar-refractivity contribution is 7.09. The molecule has 0 N–H and O–H groups in total. The number of ether oxygens (including phenoxy) is 1. The van der Waals surface area contributed by atoms with Crippen molar-refractivity contribution in [3.8, 4) is 6.07 Å². The molecule has 0 fully saturated rings. The molecule has 1 aromatic carbocycles. The van der Waals surface area contributed by atoms with E-state index in [4.69, 9.17) is 4.74 Å². The first-order valence-electron chi connectivity index (χ1n) is 8.53. The molecule has 6 heteroatoms. The van der Waals surface area contributed by atoms with Crippen LogP contribution in [0.25, 0.3) is 0 Å². The largest absolute Gasteiger partial charge is 0.457 e. The lowest BCUT2D eigenvalue weighted by molar-refractivity contribution is -0.150. The van der Waals surface area contributed by atoms with Gasteiger partial charge in [-0.05, 0) is 18.4 Å². The smallest absolute Gasteiger partial charge is 0.314 e. The third kappa shape index (κ3) is 4.77. The van der Waals surface area contributed by atoms with Crippen LogP contribution in [0.3, 0.4) is 0 Å².